The third-order valence-electron chi connectivity index (χ3n) is 2.36. The zero-order valence-corrected chi connectivity index (χ0v) is 11.5. The molecular weight excluding hydrogens is 292 g/mol. The lowest BCUT2D eigenvalue weighted by Crippen LogP contribution is -2.23. The van der Waals surface area contributed by atoms with Crippen LogP contribution in [-0.2, 0) is 16.6 Å². The second-order valence-electron chi connectivity index (χ2n) is 3.60. The summed E-state index contributed by atoms with van der Waals surface area (Å²) in [5.41, 5.74) is 0. The Labute approximate surface area is 115 Å². The highest BCUT2D eigenvalue weighted by molar-refractivity contribution is 7.89. The number of hydrogen-bond acceptors (Lipinski definition) is 5. The number of benzene rings is 1. The van der Waals surface area contributed by atoms with Crippen LogP contribution < -0.4 is 9.46 Å². The minimum Gasteiger partial charge on any atom is -0.495 e. The molecule has 0 saturated carbocycles. The number of methoxy groups -OCH3 is 1. The van der Waals surface area contributed by atoms with Crippen LogP contribution in [0, 0.1) is 0 Å². The van der Waals surface area contributed by atoms with Gasteiger partial charge in [0.1, 0.15) is 5.75 Å². The molecule has 0 aliphatic carbocycles. The maximum absolute atomic E-state index is 12.0. The molecule has 0 amide bonds. The average molecular weight is 303 g/mol. The molecule has 0 fully saturated rings. The molecule has 0 atom stereocenters. The van der Waals surface area contributed by atoms with Crippen LogP contribution in [0.15, 0.2) is 39.9 Å². The van der Waals surface area contributed by atoms with E-state index in [2.05, 4.69) is 9.88 Å². The van der Waals surface area contributed by atoms with Crippen LogP contribution in [-0.4, -0.2) is 20.7 Å². The van der Waals surface area contributed by atoms with Gasteiger partial charge in [-0.2, -0.15) is 0 Å². The molecule has 1 aromatic carbocycles. The number of halogens is 1. The summed E-state index contributed by atoms with van der Waals surface area (Å²) in [4.78, 5) is 0.0535. The molecular formula is C11H11ClN2O4S. The van der Waals surface area contributed by atoms with Crippen molar-refractivity contribution >= 4 is 21.6 Å². The predicted molar refractivity (Wildman–Crippen MR) is 68.5 cm³/mol. The SMILES string of the molecule is COc1ccc(S(=O)(=O)NCc2ccno2)cc1Cl. The summed E-state index contributed by atoms with van der Waals surface area (Å²) in [6.45, 7) is 0.0198. The highest BCUT2D eigenvalue weighted by atomic mass is 35.5. The van der Waals surface area contributed by atoms with Crippen molar-refractivity contribution < 1.29 is 17.7 Å². The summed E-state index contributed by atoms with van der Waals surface area (Å²) in [5, 5.41) is 3.71. The van der Waals surface area contributed by atoms with Crippen molar-refractivity contribution in [2.24, 2.45) is 0 Å². The van der Waals surface area contributed by atoms with Gasteiger partial charge < -0.3 is 9.26 Å². The molecule has 6 nitrogen and oxygen atoms in total. The maximum atomic E-state index is 12.0. The number of aromatic nitrogens is 1. The molecule has 0 aliphatic rings. The predicted octanol–water partition coefficient (Wildman–Crippen LogP) is 1.82. The first-order valence-corrected chi connectivity index (χ1v) is 7.12. The van der Waals surface area contributed by atoms with Crippen LogP contribution >= 0.6 is 11.6 Å². The zero-order chi connectivity index (χ0) is 13.9. The van der Waals surface area contributed by atoms with E-state index in [1.165, 1.54) is 31.5 Å². The first-order valence-electron chi connectivity index (χ1n) is 5.25. The van der Waals surface area contributed by atoms with Gasteiger partial charge in [0.05, 0.1) is 29.8 Å². The van der Waals surface area contributed by atoms with Gasteiger partial charge in [-0.3, -0.25) is 0 Å². The fourth-order valence-corrected chi connectivity index (χ4v) is 2.74. The van der Waals surface area contributed by atoms with Crippen molar-refractivity contribution in [3.05, 3.63) is 41.2 Å². The summed E-state index contributed by atoms with van der Waals surface area (Å²) in [6, 6.07) is 5.80. The third-order valence-corrected chi connectivity index (χ3v) is 4.06. The number of ether oxygens (including phenoxy) is 1. The van der Waals surface area contributed by atoms with Crippen molar-refractivity contribution in [3.63, 3.8) is 0 Å². The van der Waals surface area contributed by atoms with E-state index in [0.29, 0.717) is 11.5 Å². The lowest BCUT2D eigenvalue weighted by Gasteiger charge is -2.07. The van der Waals surface area contributed by atoms with Crippen molar-refractivity contribution in [1.82, 2.24) is 9.88 Å². The second kappa shape index (κ2) is 5.60. The van der Waals surface area contributed by atoms with Gasteiger partial charge in [-0.1, -0.05) is 16.8 Å². The average Bonchev–Trinajstić information content (AvgIpc) is 2.89. The van der Waals surface area contributed by atoms with E-state index in [1.807, 2.05) is 0 Å². The normalized spacial score (nSPS) is 11.5. The van der Waals surface area contributed by atoms with Crippen LogP contribution in [0.3, 0.4) is 0 Å². The van der Waals surface area contributed by atoms with E-state index in [-0.39, 0.29) is 16.5 Å². The van der Waals surface area contributed by atoms with Gasteiger partial charge in [0.15, 0.2) is 5.76 Å². The van der Waals surface area contributed by atoms with E-state index < -0.39 is 10.0 Å². The Morgan fingerprint density at radius 1 is 1.42 bits per heavy atom. The lowest BCUT2D eigenvalue weighted by atomic mass is 10.3. The zero-order valence-electron chi connectivity index (χ0n) is 9.96. The smallest absolute Gasteiger partial charge is 0.241 e. The van der Waals surface area contributed by atoms with Gasteiger partial charge in [0.25, 0.3) is 0 Å². The van der Waals surface area contributed by atoms with Crippen LogP contribution in [0.25, 0.3) is 0 Å². The largest absolute Gasteiger partial charge is 0.495 e. The van der Waals surface area contributed by atoms with Crippen molar-refractivity contribution in [2.45, 2.75) is 11.4 Å². The molecule has 102 valence electrons. The molecule has 0 radical (unpaired) electrons. The molecule has 0 bridgehead atoms. The van der Waals surface area contributed by atoms with Gasteiger partial charge in [-0.05, 0) is 18.2 Å². The summed E-state index contributed by atoms with van der Waals surface area (Å²) >= 11 is 5.89. The molecule has 1 aromatic heterocycles. The molecule has 1 N–H and O–H groups in total. The fourth-order valence-electron chi connectivity index (χ4n) is 1.40. The number of sulfonamides is 1. The molecule has 8 heteroatoms. The summed E-state index contributed by atoms with van der Waals surface area (Å²) in [5.74, 6) is 0.832. The van der Waals surface area contributed by atoms with Crippen LogP contribution in [0.1, 0.15) is 5.76 Å². The van der Waals surface area contributed by atoms with Crippen LogP contribution in [0.2, 0.25) is 5.02 Å². The Morgan fingerprint density at radius 2 is 2.21 bits per heavy atom. The Morgan fingerprint density at radius 3 is 2.79 bits per heavy atom. The molecule has 0 saturated heterocycles. The molecule has 2 rings (SSSR count). The summed E-state index contributed by atoms with van der Waals surface area (Å²) < 4.78 is 36.2. The molecule has 0 unspecified atom stereocenters. The van der Waals surface area contributed by atoms with Gasteiger partial charge in [-0.15, -0.1) is 0 Å². The lowest BCUT2D eigenvalue weighted by molar-refractivity contribution is 0.380. The number of nitrogens with zero attached hydrogens (tertiary/aromatic N) is 1. The molecule has 19 heavy (non-hydrogen) atoms. The van der Waals surface area contributed by atoms with E-state index >= 15 is 0 Å². The monoisotopic (exact) mass is 302 g/mol. The van der Waals surface area contributed by atoms with Crippen LogP contribution in [0.4, 0.5) is 0 Å². The van der Waals surface area contributed by atoms with Gasteiger partial charge in [0.2, 0.25) is 10.0 Å². The number of hydrogen-bond donors (Lipinski definition) is 1. The Bertz CT molecular complexity index is 655. The summed E-state index contributed by atoms with van der Waals surface area (Å²) in [7, 11) is -2.21. The van der Waals surface area contributed by atoms with Crippen molar-refractivity contribution in [3.8, 4) is 5.75 Å². The van der Waals surface area contributed by atoms with Gasteiger partial charge >= 0.3 is 0 Å². The molecule has 0 spiro atoms. The van der Waals surface area contributed by atoms with Crippen molar-refractivity contribution in [1.29, 1.82) is 0 Å². The van der Waals surface area contributed by atoms with Crippen molar-refractivity contribution in [2.75, 3.05) is 7.11 Å². The second-order valence-corrected chi connectivity index (χ2v) is 5.77. The van der Waals surface area contributed by atoms with E-state index in [4.69, 9.17) is 20.9 Å². The summed E-state index contributed by atoms with van der Waals surface area (Å²) in [6.07, 6.45) is 1.44. The Kier molecular flexibility index (Phi) is 4.08. The number of rotatable bonds is 5. The van der Waals surface area contributed by atoms with E-state index in [9.17, 15) is 8.42 Å². The van der Waals surface area contributed by atoms with E-state index in [1.54, 1.807) is 6.07 Å². The molecule has 2 aromatic rings. The molecule has 1 heterocycles. The standard InChI is InChI=1S/C11H11ClN2O4S/c1-17-11-3-2-9(6-10(11)12)19(15,16)14-7-8-4-5-13-18-8/h2-6,14H,7H2,1H3. The maximum Gasteiger partial charge on any atom is 0.241 e. The minimum atomic E-state index is -3.66. The first-order chi connectivity index (χ1) is 9.03. The van der Waals surface area contributed by atoms with Crippen LogP contribution in [0.5, 0.6) is 5.75 Å². The molecule has 0 aliphatic heterocycles. The highest BCUT2D eigenvalue weighted by Gasteiger charge is 2.16. The quantitative estimate of drug-likeness (QED) is 0.911. The topological polar surface area (TPSA) is 81.4 Å². The third kappa shape index (κ3) is 3.25. The fraction of sp³-hybridized carbons (Fsp3) is 0.182. The Balaban J connectivity index is 2.17. The Hall–Kier alpha value is -1.57. The van der Waals surface area contributed by atoms with Gasteiger partial charge in [-0.25, -0.2) is 13.1 Å². The van der Waals surface area contributed by atoms with E-state index in [0.717, 1.165) is 0 Å². The number of nitrogens with one attached hydrogen (secondary N) is 1. The van der Waals surface area contributed by atoms with Gasteiger partial charge in [0, 0.05) is 6.07 Å². The highest BCUT2D eigenvalue weighted by Crippen LogP contribution is 2.26. The first kappa shape index (κ1) is 13.9. The minimum absolute atomic E-state index is 0.0198.